The molecular formula is C21H23N3O3S. The van der Waals surface area contributed by atoms with Crippen molar-refractivity contribution in [3.8, 4) is 17.1 Å². The zero-order valence-electron chi connectivity index (χ0n) is 16.4. The topological polar surface area (TPSA) is 68.5 Å². The molecule has 0 aliphatic heterocycles. The highest BCUT2D eigenvalue weighted by Crippen LogP contribution is 2.25. The average molecular weight is 398 g/mol. The van der Waals surface area contributed by atoms with Gasteiger partial charge in [-0.05, 0) is 50.2 Å². The zero-order valence-corrected chi connectivity index (χ0v) is 17.2. The Morgan fingerprint density at radius 3 is 2.50 bits per heavy atom. The summed E-state index contributed by atoms with van der Waals surface area (Å²) in [6, 6.07) is 15.6. The average Bonchev–Trinajstić information content (AvgIpc) is 3.17. The normalized spacial score (nSPS) is 11.9. The van der Waals surface area contributed by atoms with Crippen LogP contribution in [-0.2, 0) is 11.3 Å². The van der Waals surface area contributed by atoms with Crippen LogP contribution in [0.4, 0.5) is 0 Å². The predicted octanol–water partition coefficient (Wildman–Crippen LogP) is 4.19. The van der Waals surface area contributed by atoms with Gasteiger partial charge in [-0.1, -0.05) is 22.9 Å². The van der Waals surface area contributed by atoms with Crippen molar-refractivity contribution in [1.82, 2.24) is 15.0 Å². The summed E-state index contributed by atoms with van der Waals surface area (Å²) in [5.41, 5.74) is 2.03. The van der Waals surface area contributed by atoms with E-state index in [1.54, 1.807) is 19.1 Å². The Kier molecular flexibility index (Phi) is 6.36. The van der Waals surface area contributed by atoms with Gasteiger partial charge in [-0.2, -0.15) is 4.98 Å². The highest BCUT2D eigenvalue weighted by molar-refractivity contribution is 8.00. The van der Waals surface area contributed by atoms with Gasteiger partial charge < -0.3 is 14.2 Å². The minimum absolute atomic E-state index is 0.00905. The summed E-state index contributed by atoms with van der Waals surface area (Å²) in [6.07, 6.45) is 0. The second-order valence-electron chi connectivity index (χ2n) is 6.51. The molecule has 0 aliphatic rings. The first kappa shape index (κ1) is 19.9. The lowest BCUT2D eigenvalue weighted by Crippen LogP contribution is -2.32. The molecule has 3 rings (SSSR count). The van der Waals surface area contributed by atoms with Crippen molar-refractivity contribution in [3.63, 3.8) is 0 Å². The Morgan fingerprint density at radius 1 is 1.18 bits per heavy atom. The van der Waals surface area contributed by atoms with Crippen LogP contribution >= 0.6 is 11.8 Å². The first-order valence-corrected chi connectivity index (χ1v) is 9.79. The van der Waals surface area contributed by atoms with Crippen LogP contribution in [0.5, 0.6) is 5.75 Å². The first-order valence-electron chi connectivity index (χ1n) is 8.91. The van der Waals surface area contributed by atoms with Crippen LogP contribution in [0.2, 0.25) is 0 Å². The number of amides is 1. The summed E-state index contributed by atoms with van der Waals surface area (Å²) in [5, 5.41) is 3.79. The van der Waals surface area contributed by atoms with Gasteiger partial charge in [0.25, 0.3) is 0 Å². The van der Waals surface area contributed by atoms with Gasteiger partial charge >= 0.3 is 0 Å². The van der Waals surface area contributed by atoms with E-state index in [1.165, 1.54) is 17.3 Å². The number of hydrogen-bond acceptors (Lipinski definition) is 6. The van der Waals surface area contributed by atoms with Crippen molar-refractivity contribution >= 4 is 17.7 Å². The molecule has 1 amide bonds. The molecule has 28 heavy (non-hydrogen) atoms. The second-order valence-corrected chi connectivity index (χ2v) is 7.92. The summed E-state index contributed by atoms with van der Waals surface area (Å²) < 4.78 is 10.5. The molecule has 0 N–H and O–H groups in total. The van der Waals surface area contributed by atoms with E-state index < -0.39 is 0 Å². The van der Waals surface area contributed by atoms with Gasteiger partial charge in [0.2, 0.25) is 17.6 Å². The maximum absolute atomic E-state index is 12.7. The van der Waals surface area contributed by atoms with Crippen LogP contribution in [0.25, 0.3) is 11.4 Å². The molecule has 0 saturated carbocycles. The number of ether oxygens (including phenoxy) is 1. The lowest BCUT2D eigenvalue weighted by molar-refractivity contribution is -0.129. The molecule has 2 aromatic carbocycles. The van der Waals surface area contributed by atoms with Crippen LogP contribution in [-0.4, -0.2) is 40.4 Å². The smallest absolute Gasteiger partial charge is 0.246 e. The number of rotatable bonds is 7. The van der Waals surface area contributed by atoms with E-state index in [9.17, 15) is 4.79 Å². The maximum Gasteiger partial charge on any atom is 0.246 e. The Hall–Kier alpha value is -2.80. The Morgan fingerprint density at radius 2 is 1.86 bits per heavy atom. The minimum atomic E-state index is -0.211. The maximum atomic E-state index is 12.7. The highest BCUT2D eigenvalue weighted by atomic mass is 32.2. The fraction of sp³-hybridized carbons (Fsp3) is 0.286. The van der Waals surface area contributed by atoms with Gasteiger partial charge in [0.05, 0.1) is 18.9 Å². The molecule has 146 valence electrons. The molecule has 0 fully saturated rings. The Labute approximate surface area is 168 Å². The number of methoxy groups -OCH3 is 1. The molecule has 1 atom stereocenters. The predicted molar refractivity (Wildman–Crippen MR) is 109 cm³/mol. The SMILES string of the molecule is COc1ccc(-c2noc(CN(C)C(=O)[C@@H](C)Sc3ccc(C)cc3)n2)cc1. The lowest BCUT2D eigenvalue weighted by atomic mass is 10.2. The first-order chi connectivity index (χ1) is 13.5. The minimum Gasteiger partial charge on any atom is -0.497 e. The van der Waals surface area contributed by atoms with Crippen LogP contribution in [0.3, 0.4) is 0 Å². The van der Waals surface area contributed by atoms with Crippen LogP contribution in [0.1, 0.15) is 18.4 Å². The highest BCUT2D eigenvalue weighted by Gasteiger charge is 2.21. The molecule has 0 bridgehead atoms. The zero-order chi connectivity index (χ0) is 20.1. The van der Waals surface area contributed by atoms with Gasteiger partial charge in [0.1, 0.15) is 5.75 Å². The summed E-state index contributed by atoms with van der Waals surface area (Å²) in [7, 11) is 3.36. The number of thioether (sulfide) groups is 1. The van der Waals surface area contributed by atoms with Gasteiger partial charge in [0, 0.05) is 17.5 Å². The van der Waals surface area contributed by atoms with Crippen LogP contribution < -0.4 is 4.74 Å². The number of hydrogen-bond donors (Lipinski definition) is 0. The molecule has 1 aromatic heterocycles. The van der Waals surface area contributed by atoms with Crippen molar-refractivity contribution in [2.75, 3.05) is 14.2 Å². The van der Waals surface area contributed by atoms with Crippen molar-refractivity contribution in [1.29, 1.82) is 0 Å². The standard InChI is InChI=1S/C21H23N3O3S/c1-14-5-11-18(12-6-14)28-15(2)21(25)24(3)13-19-22-20(23-27-19)16-7-9-17(26-4)10-8-16/h5-12,15H,13H2,1-4H3/t15-/m1/s1. The summed E-state index contributed by atoms with van der Waals surface area (Å²) >= 11 is 1.54. The summed E-state index contributed by atoms with van der Waals surface area (Å²) in [4.78, 5) is 19.7. The lowest BCUT2D eigenvalue weighted by Gasteiger charge is -2.19. The van der Waals surface area contributed by atoms with Crippen LogP contribution in [0, 0.1) is 6.92 Å². The molecule has 0 unspecified atom stereocenters. The fourth-order valence-electron chi connectivity index (χ4n) is 2.64. The third kappa shape index (κ3) is 4.92. The largest absolute Gasteiger partial charge is 0.497 e. The van der Waals surface area contributed by atoms with Crippen molar-refractivity contribution in [2.45, 2.75) is 30.5 Å². The van der Waals surface area contributed by atoms with E-state index in [2.05, 4.69) is 10.1 Å². The van der Waals surface area contributed by atoms with E-state index in [-0.39, 0.29) is 17.7 Å². The van der Waals surface area contributed by atoms with Crippen molar-refractivity contribution in [2.24, 2.45) is 0 Å². The van der Waals surface area contributed by atoms with Crippen molar-refractivity contribution < 1.29 is 14.1 Å². The van der Waals surface area contributed by atoms with E-state index in [0.717, 1.165) is 16.2 Å². The third-order valence-electron chi connectivity index (χ3n) is 4.25. The second kappa shape index (κ2) is 8.93. The quantitative estimate of drug-likeness (QED) is 0.557. The van der Waals surface area contributed by atoms with E-state index in [4.69, 9.17) is 9.26 Å². The van der Waals surface area contributed by atoms with Crippen LogP contribution in [0.15, 0.2) is 57.9 Å². The summed E-state index contributed by atoms with van der Waals surface area (Å²) in [5.74, 6) is 1.66. The van der Waals surface area contributed by atoms with Gasteiger partial charge in [-0.15, -0.1) is 11.8 Å². The number of aryl methyl sites for hydroxylation is 1. The summed E-state index contributed by atoms with van der Waals surface area (Å²) in [6.45, 7) is 4.21. The molecule has 0 radical (unpaired) electrons. The molecule has 7 heteroatoms. The Bertz CT molecular complexity index is 923. The number of carbonyl (C=O) groups excluding carboxylic acids is 1. The van der Waals surface area contributed by atoms with E-state index in [0.29, 0.717) is 11.7 Å². The molecular weight excluding hydrogens is 374 g/mol. The van der Waals surface area contributed by atoms with Gasteiger partial charge in [-0.3, -0.25) is 4.79 Å². The van der Waals surface area contributed by atoms with E-state index in [1.807, 2.05) is 62.4 Å². The van der Waals surface area contributed by atoms with Crippen molar-refractivity contribution in [3.05, 3.63) is 60.0 Å². The van der Waals surface area contributed by atoms with Gasteiger partial charge in [0.15, 0.2) is 0 Å². The molecule has 3 aromatic rings. The number of nitrogens with zero attached hydrogens (tertiary/aromatic N) is 3. The molecule has 0 aliphatic carbocycles. The molecule has 0 spiro atoms. The van der Waals surface area contributed by atoms with E-state index >= 15 is 0 Å². The number of carbonyl (C=O) groups is 1. The molecule has 6 nitrogen and oxygen atoms in total. The molecule has 1 heterocycles. The van der Waals surface area contributed by atoms with Gasteiger partial charge in [-0.25, -0.2) is 0 Å². The number of aromatic nitrogens is 2. The molecule has 0 saturated heterocycles. The number of benzene rings is 2. The monoisotopic (exact) mass is 397 g/mol. The fourth-order valence-corrected chi connectivity index (χ4v) is 3.62. The Balaban J connectivity index is 1.60. The third-order valence-corrected chi connectivity index (χ3v) is 5.35.